The summed E-state index contributed by atoms with van der Waals surface area (Å²) in [6.07, 6.45) is 7.84. The monoisotopic (exact) mass is 272 g/mol. The average molecular weight is 272 g/mol. The molecule has 0 unspecified atom stereocenters. The fourth-order valence-electron chi connectivity index (χ4n) is 3.75. The molecule has 1 amide bonds. The van der Waals surface area contributed by atoms with Crippen LogP contribution in [0.2, 0.25) is 0 Å². The van der Waals surface area contributed by atoms with E-state index in [0.29, 0.717) is 21.9 Å². The highest BCUT2D eigenvalue weighted by atomic mass is 19.1. The minimum atomic E-state index is -0.296. The molecule has 2 N–H and O–H groups in total. The predicted molar refractivity (Wildman–Crippen MR) is 75.0 cm³/mol. The number of nitrogens with one attached hydrogen (secondary N) is 2. The summed E-state index contributed by atoms with van der Waals surface area (Å²) in [7, 11) is 0. The van der Waals surface area contributed by atoms with Crippen LogP contribution in [0.15, 0.2) is 24.4 Å². The summed E-state index contributed by atoms with van der Waals surface area (Å²) in [6, 6.07) is 4.87. The Bertz CT molecular complexity index is 679. The maximum atomic E-state index is 13.6. The normalized spacial score (nSPS) is 20.6. The van der Waals surface area contributed by atoms with Crippen LogP contribution in [0.25, 0.3) is 10.9 Å². The molecule has 3 nitrogen and oxygen atoms in total. The first kappa shape index (κ1) is 11.9. The van der Waals surface area contributed by atoms with Gasteiger partial charge in [-0.3, -0.25) is 4.79 Å². The molecule has 2 fully saturated rings. The molecule has 0 radical (unpaired) electrons. The number of carbonyl (C=O) groups is 1. The van der Waals surface area contributed by atoms with Gasteiger partial charge in [-0.1, -0.05) is 6.42 Å². The summed E-state index contributed by atoms with van der Waals surface area (Å²) >= 11 is 0. The van der Waals surface area contributed by atoms with Gasteiger partial charge in [0.2, 0.25) is 0 Å². The van der Waals surface area contributed by atoms with E-state index in [2.05, 4.69) is 10.3 Å². The predicted octanol–water partition coefficient (Wildman–Crippen LogP) is 3.37. The van der Waals surface area contributed by atoms with Crippen LogP contribution in [-0.2, 0) is 0 Å². The van der Waals surface area contributed by atoms with E-state index >= 15 is 0 Å². The van der Waals surface area contributed by atoms with Crippen molar-refractivity contribution in [2.75, 3.05) is 0 Å². The summed E-state index contributed by atoms with van der Waals surface area (Å²) in [5.74, 6) is -0.397. The smallest absolute Gasteiger partial charge is 0.253 e. The molecule has 2 aromatic rings. The van der Waals surface area contributed by atoms with E-state index in [1.807, 2.05) is 0 Å². The van der Waals surface area contributed by atoms with Crippen molar-refractivity contribution in [1.29, 1.82) is 0 Å². The van der Waals surface area contributed by atoms with Crippen LogP contribution in [0.3, 0.4) is 0 Å². The summed E-state index contributed by atoms with van der Waals surface area (Å²) in [5, 5.41) is 3.55. The highest BCUT2D eigenvalue weighted by molar-refractivity contribution is 6.06. The quantitative estimate of drug-likeness (QED) is 0.865. The van der Waals surface area contributed by atoms with Crippen molar-refractivity contribution in [2.45, 2.75) is 38.1 Å². The molecule has 0 bridgehead atoms. The first-order chi connectivity index (χ1) is 9.67. The lowest BCUT2D eigenvalue weighted by Crippen LogP contribution is -2.53. The standard InChI is InChI=1S/C16H17FN2O/c17-13-3-2-12(14-11(13)4-7-18-14)15(20)19-10-8-16(9-10)5-1-6-16/h2-4,7,10,18H,1,5-6,8-9H2,(H,19,20). The highest BCUT2D eigenvalue weighted by Gasteiger charge is 2.48. The zero-order chi connectivity index (χ0) is 13.7. The zero-order valence-corrected chi connectivity index (χ0v) is 11.2. The molecule has 0 saturated heterocycles. The summed E-state index contributed by atoms with van der Waals surface area (Å²) in [6.45, 7) is 0. The van der Waals surface area contributed by atoms with Crippen molar-refractivity contribution in [3.63, 3.8) is 0 Å². The van der Waals surface area contributed by atoms with E-state index in [4.69, 9.17) is 0 Å². The van der Waals surface area contributed by atoms with E-state index in [9.17, 15) is 9.18 Å². The minimum absolute atomic E-state index is 0.100. The molecule has 1 aromatic heterocycles. The fraction of sp³-hybridized carbons (Fsp3) is 0.438. The Morgan fingerprint density at radius 1 is 1.30 bits per heavy atom. The largest absolute Gasteiger partial charge is 0.360 e. The highest BCUT2D eigenvalue weighted by Crippen LogP contribution is 2.55. The van der Waals surface area contributed by atoms with Gasteiger partial charge in [0.15, 0.2) is 0 Å². The Morgan fingerprint density at radius 2 is 2.10 bits per heavy atom. The molecule has 4 heteroatoms. The third kappa shape index (κ3) is 1.67. The van der Waals surface area contributed by atoms with Crippen LogP contribution in [0.4, 0.5) is 4.39 Å². The molecule has 20 heavy (non-hydrogen) atoms. The topological polar surface area (TPSA) is 44.9 Å². The second-order valence-corrected chi connectivity index (χ2v) is 6.29. The maximum Gasteiger partial charge on any atom is 0.253 e. The van der Waals surface area contributed by atoms with Gasteiger partial charge in [-0.15, -0.1) is 0 Å². The van der Waals surface area contributed by atoms with Gasteiger partial charge in [0, 0.05) is 17.6 Å². The molecule has 2 saturated carbocycles. The molecular weight excluding hydrogens is 255 g/mol. The average Bonchev–Trinajstić information content (AvgIpc) is 2.81. The van der Waals surface area contributed by atoms with Crippen LogP contribution >= 0.6 is 0 Å². The van der Waals surface area contributed by atoms with Crippen LogP contribution in [-0.4, -0.2) is 16.9 Å². The number of hydrogen-bond acceptors (Lipinski definition) is 1. The Labute approximate surface area is 116 Å². The second-order valence-electron chi connectivity index (χ2n) is 6.29. The Hall–Kier alpha value is -1.84. The van der Waals surface area contributed by atoms with E-state index in [0.717, 1.165) is 12.8 Å². The third-order valence-electron chi connectivity index (χ3n) is 5.02. The number of H-pyrrole nitrogens is 1. The molecule has 2 aliphatic carbocycles. The lowest BCUT2D eigenvalue weighted by Gasteiger charge is -2.54. The van der Waals surface area contributed by atoms with Crippen molar-refractivity contribution in [3.05, 3.63) is 35.8 Å². The number of carbonyl (C=O) groups excluding carboxylic acids is 1. The SMILES string of the molecule is O=C(NC1CC2(CCC2)C1)c1ccc(F)c2cc[nH]c12. The van der Waals surface area contributed by atoms with Crippen LogP contribution in [0, 0.1) is 11.2 Å². The number of amides is 1. The maximum absolute atomic E-state index is 13.6. The van der Waals surface area contributed by atoms with Crippen molar-refractivity contribution >= 4 is 16.8 Å². The molecule has 1 spiro atoms. The van der Waals surface area contributed by atoms with Crippen molar-refractivity contribution < 1.29 is 9.18 Å². The number of aromatic amines is 1. The van der Waals surface area contributed by atoms with Crippen molar-refractivity contribution in [2.24, 2.45) is 5.41 Å². The van der Waals surface area contributed by atoms with E-state index in [1.165, 1.54) is 25.3 Å². The molecule has 0 aliphatic heterocycles. The van der Waals surface area contributed by atoms with E-state index in [-0.39, 0.29) is 17.8 Å². The number of hydrogen-bond donors (Lipinski definition) is 2. The van der Waals surface area contributed by atoms with Crippen molar-refractivity contribution in [3.8, 4) is 0 Å². The molecule has 104 valence electrons. The fourth-order valence-corrected chi connectivity index (χ4v) is 3.75. The van der Waals surface area contributed by atoms with Crippen molar-refractivity contribution in [1.82, 2.24) is 10.3 Å². The number of halogens is 1. The van der Waals surface area contributed by atoms with E-state index in [1.54, 1.807) is 18.3 Å². The van der Waals surface area contributed by atoms with Gasteiger partial charge in [0.1, 0.15) is 5.82 Å². The van der Waals surface area contributed by atoms with Gasteiger partial charge < -0.3 is 10.3 Å². The van der Waals surface area contributed by atoms with Crippen LogP contribution in [0.5, 0.6) is 0 Å². The number of aromatic nitrogens is 1. The molecule has 0 atom stereocenters. The van der Waals surface area contributed by atoms with Crippen LogP contribution < -0.4 is 5.32 Å². The Balaban J connectivity index is 1.53. The molecule has 4 rings (SSSR count). The molecule has 2 aliphatic rings. The zero-order valence-electron chi connectivity index (χ0n) is 11.2. The molecular formula is C16H17FN2O. The summed E-state index contributed by atoms with van der Waals surface area (Å²) in [5.41, 5.74) is 1.66. The molecule has 1 heterocycles. The van der Waals surface area contributed by atoms with Gasteiger partial charge in [-0.2, -0.15) is 0 Å². The number of rotatable bonds is 2. The van der Waals surface area contributed by atoms with Gasteiger partial charge in [-0.05, 0) is 49.3 Å². The van der Waals surface area contributed by atoms with Crippen LogP contribution in [0.1, 0.15) is 42.5 Å². The third-order valence-corrected chi connectivity index (χ3v) is 5.02. The lowest BCUT2D eigenvalue weighted by atomic mass is 9.54. The molecule has 1 aromatic carbocycles. The van der Waals surface area contributed by atoms with Gasteiger partial charge >= 0.3 is 0 Å². The number of benzene rings is 1. The van der Waals surface area contributed by atoms with Gasteiger partial charge in [-0.25, -0.2) is 4.39 Å². The first-order valence-electron chi connectivity index (χ1n) is 7.23. The summed E-state index contributed by atoms with van der Waals surface area (Å²) in [4.78, 5) is 15.3. The Morgan fingerprint density at radius 3 is 2.80 bits per heavy atom. The Kier molecular flexibility index (Phi) is 2.43. The van der Waals surface area contributed by atoms with Gasteiger partial charge in [0.05, 0.1) is 11.1 Å². The second kappa shape index (κ2) is 4.08. The minimum Gasteiger partial charge on any atom is -0.360 e. The lowest BCUT2D eigenvalue weighted by molar-refractivity contribution is -0.000599. The van der Waals surface area contributed by atoms with Gasteiger partial charge in [0.25, 0.3) is 5.91 Å². The first-order valence-corrected chi connectivity index (χ1v) is 7.23. The van der Waals surface area contributed by atoms with E-state index < -0.39 is 0 Å². The summed E-state index contributed by atoms with van der Waals surface area (Å²) < 4.78 is 13.6. The number of fused-ring (bicyclic) bond motifs is 1.